The predicted molar refractivity (Wildman–Crippen MR) is 68.6 cm³/mol. The molecule has 1 saturated heterocycles. The third kappa shape index (κ3) is 3.65. The highest BCUT2D eigenvalue weighted by Gasteiger charge is 2.37. The van der Waals surface area contributed by atoms with Crippen molar-refractivity contribution in [2.24, 2.45) is 11.8 Å². The van der Waals surface area contributed by atoms with Gasteiger partial charge in [0.05, 0.1) is 24.2 Å². The molecule has 1 heterocycles. The molecule has 1 amide bonds. The van der Waals surface area contributed by atoms with E-state index in [9.17, 15) is 9.90 Å². The van der Waals surface area contributed by atoms with E-state index in [0.29, 0.717) is 6.54 Å². The van der Waals surface area contributed by atoms with E-state index in [4.69, 9.17) is 10.6 Å². The molecule has 0 radical (unpaired) electrons. The van der Waals surface area contributed by atoms with Crippen LogP contribution in [0.1, 0.15) is 27.7 Å². The lowest BCUT2D eigenvalue weighted by molar-refractivity contribution is -0.161. The van der Waals surface area contributed by atoms with E-state index in [-0.39, 0.29) is 36.2 Å². The molecule has 1 fully saturated rings. The first-order valence-electron chi connectivity index (χ1n) is 6.34. The van der Waals surface area contributed by atoms with Crippen LogP contribution in [0.3, 0.4) is 0 Å². The molecule has 4 N–H and O–H groups in total. The van der Waals surface area contributed by atoms with Gasteiger partial charge in [-0.1, -0.05) is 6.92 Å². The summed E-state index contributed by atoms with van der Waals surface area (Å²) in [7, 11) is 0. The monoisotopic (exact) mass is 259 g/mol. The maximum absolute atomic E-state index is 11.6. The van der Waals surface area contributed by atoms with E-state index in [0.717, 1.165) is 6.54 Å². The number of carbonyl (C=O) groups excluding carboxylic acids is 1. The number of nitrogens with one attached hydrogen (secondary N) is 1. The molecule has 1 aliphatic rings. The number of nitrogens with two attached hydrogens (primary N) is 1. The fourth-order valence-electron chi connectivity index (χ4n) is 2.41. The Morgan fingerprint density at radius 3 is 2.72 bits per heavy atom. The maximum Gasteiger partial charge on any atom is 0.238 e. The van der Waals surface area contributed by atoms with Crippen molar-refractivity contribution in [2.75, 3.05) is 19.7 Å². The number of carbonyl (C=O) groups is 1. The number of ether oxygens (including phenoxy) is 1. The van der Waals surface area contributed by atoms with Gasteiger partial charge in [0, 0.05) is 19.1 Å². The van der Waals surface area contributed by atoms with Gasteiger partial charge < -0.3 is 9.84 Å². The summed E-state index contributed by atoms with van der Waals surface area (Å²) in [5.74, 6) is 4.79. The van der Waals surface area contributed by atoms with Crippen LogP contribution < -0.4 is 11.3 Å². The number of amides is 1. The molecule has 0 aromatic rings. The normalized spacial score (nSPS) is 27.6. The van der Waals surface area contributed by atoms with Crippen molar-refractivity contribution in [3.8, 4) is 0 Å². The van der Waals surface area contributed by atoms with E-state index < -0.39 is 0 Å². The van der Waals surface area contributed by atoms with E-state index in [1.807, 2.05) is 27.7 Å². The fraction of sp³-hybridized carbons (Fsp3) is 0.917. The molecule has 6 nitrogen and oxygen atoms in total. The Hall–Kier alpha value is -0.690. The molecule has 0 aromatic heterocycles. The van der Waals surface area contributed by atoms with Crippen molar-refractivity contribution < 1.29 is 14.6 Å². The van der Waals surface area contributed by atoms with E-state index >= 15 is 0 Å². The summed E-state index contributed by atoms with van der Waals surface area (Å²) in [4.78, 5) is 13.7. The van der Waals surface area contributed by atoms with Gasteiger partial charge in [0.25, 0.3) is 0 Å². The van der Waals surface area contributed by atoms with Crippen molar-refractivity contribution in [1.82, 2.24) is 10.3 Å². The topological polar surface area (TPSA) is 87.8 Å². The van der Waals surface area contributed by atoms with Crippen molar-refractivity contribution in [1.29, 1.82) is 0 Å². The number of aliphatic hydroxyl groups is 1. The van der Waals surface area contributed by atoms with Gasteiger partial charge in [-0.25, -0.2) is 5.84 Å². The van der Waals surface area contributed by atoms with Crippen LogP contribution in [-0.4, -0.2) is 53.4 Å². The molecule has 1 aliphatic heterocycles. The molecule has 18 heavy (non-hydrogen) atoms. The minimum atomic E-state index is -0.321. The molecule has 3 atom stereocenters. The second kappa shape index (κ2) is 5.97. The van der Waals surface area contributed by atoms with Crippen LogP contribution in [0, 0.1) is 5.92 Å². The molecule has 0 aromatic carbocycles. The lowest BCUT2D eigenvalue weighted by atomic mass is 9.97. The standard InChI is InChI=1S/C12H25N3O3/c1-8(11(17)14-13)9(2)15-5-10(6-16)18-12(3,4)7-15/h8-10,16H,5-7,13H2,1-4H3,(H,14,17). The molecule has 1 rings (SSSR count). The molecule has 0 saturated carbocycles. The number of hydrogen-bond acceptors (Lipinski definition) is 5. The van der Waals surface area contributed by atoms with Crippen LogP contribution in [0.2, 0.25) is 0 Å². The lowest BCUT2D eigenvalue weighted by Gasteiger charge is -2.45. The molecule has 0 bridgehead atoms. The highest BCUT2D eigenvalue weighted by molar-refractivity contribution is 5.78. The average Bonchev–Trinajstić information content (AvgIpc) is 2.33. The van der Waals surface area contributed by atoms with Gasteiger partial charge in [-0.05, 0) is 20.8 Å². The number of hydrazine groups is 1. The highest BCUT2D eigenvalue weighted by Crippen LogP contribution is 2.24. The van der Waals surface area contributed by atoms with Crippen molar-refractivity contribution >= 4 is 5.91 Å². The van der Waals surface area contributed by atoms with Crippen LogP contribution in [0.15, 0.2) is 0 Å². The van der Waals surface area contributed by atoms with Gasteiger partial charge in [-0.2, -0.15) is 0 Å². The Bertz CT molecular complexity index is 296. The summed E-state index contributed by atoms with van der Waals surface area (Å²) in [5.41, 5.74) is 1.86. The van der Waals surface area contributed by atoms with Crippen LogP contribution in [0.4, 0.5) is 0 Å². The van der Waals surface area contributed by atoms with Gasteiger partial charge in [0.1, 0.15) is 0 Å². The Morgan fingerprint density at radius 2 is 2.22 bits per heavy atom. The van der Waals surface area contributed by atoms with Gasteiger partial charge in [0.2, 0.25) is 5.91 Å². The minimum Gasteiger partial charge on any atom is -0.394 e. The summed E-state index contributed by atoms with van der Waals surface area (Å²) in [6.45, 7) is 9.17. The fourth-order valence-corrected chi connectivity index (χ4v) is 2.41. The third-order valence-corrected chi connectivity index (χ3v) is 3.57. The first-order valence-corrected chi connectivity index (χ1v) is 6.34. The number of nitrogens with zero attached hydrogens (tertiary/aromatic N) is 1. The highest BCUT2D eigenvalue weighted by atomic mass is 16.5. The largest absolute Gasteiger partial charge is 0.394 e. The van der Waals surface area contributed by atoms with Crippen molar-refractivity contribution in [2.45, 2.75) is 45.4 Å². The van der Waals surface area contributed by atoms with Crippen molar-refractivity contribution in [3.05, 3.63) is 0 Å². The van der Waals surface area contributed by atoms with Crippen LogP contribution in [0.5, 0.6) is 0 Å². The Balaban J connectivity index is 2.72. The van der Waals surface area contributed by atoms with Crippen LogP contribution in [0.25, 0.3) is 0 Å². The van der Waals surface area contributed by atoms with Gasteiger partial charge in [-0.3, -0.25) is 15.1 Å². The van der Waals surface area contributed by atoms with E-state index in [2.05, 4.69) is 10.3 Å². The molecule has 0 aliphatic carbocycles. The van der Waals surface area contributed by atoms with Crippen LogP contribution in [-0.2, 0) is 9.53 Å². The zero-order valence-corrected chi connectivity index (χ0v) is 11.6. The van der Waals surface area contributed by atoms with E-state index in [1.165, 1.54) is 0 Å². The van der Waals surface area contributed by atoms with Crippen LogP contribution >= 0.6 is 0 Å². The van der Waals surface area contributed by atoms with E-state index in [1.54, 1.807) is 0 Å². The summed E-state index contributed by atoms with van der Waals surface area (Å²) >= 11 is 0. The average molecular weight is 259 g/mol. The van der Waals surface area contributed by atoms with Crippen molar-refractivity contribution in [3.63, 3.8) is 0 Å². The zero-order valence-electron chi connectivity index (χ0n) is 11.6. The quantitative estimate of drug-likeness (QED) is 0.359. The predicted octanol–water partition coefficient (Wildman–Crippen LogP) is -0.527. The van der Waals surface area contributed by atoms with Gasteiger partial charge in [0.15, 0.2) is 0 Å². The second-order valence-electron chi connectivity index (χ2n) is 5.65. The summed E-state index contributed by atoms with van der Waals surface area (Å²) in [5, 5.41) is 9.27. The number of morpholine rings is 1. The maximum atomic E-state index is 11.6. The molecule has 6 heteroatoms. The summed E-state index contributed by atoms with van der Waals surface area (Å²) < 4.78 is 5.75. The molecule has 3 unspecified atom stereocenters. The smallest absolute Gasteiger partial charge is 0.238 e. The van der Waals surface area contributed by atoms with Gasteiger partial charge >= 0.3 is 0 Å². The number of hydrogen-bond donors (Lipinski definition) is 3. The Labute approximate surface area is 108 Å². The number of aliphatic hydroxyl groups excluding tert-OH is 1. The molecule has 106 valence electrons. The Kier molecular flexibility index (Phi) is 5.10. The first kappa shape index (κ1) is 15.4. The molecular formula is C12H25N3O3. The SMILES string of the molecule is CC(C(=O)NN)C(C)N1CC(CO)OC(C)(C)C1. The summed E-state index contributed by atoms with van der Waals surface area (Å²) in [6, 6.07) is 0.0470. The minimum absolute atomic E-state index is 0.00981. The number of rotatable bonds is 4. The lowest BCUT2D eigenvalue weighted by Crippen LogP contribution is -2.58. The third-order valence-electron chi connectivity index (χ3n) is 3.57. The molecular weight excluding hydrogens is 234 g/mol. The van der Waals surface area contributed by atoms with Gasteiger partial charge in [-0.15, -0.1) is 0 Å². The second-order valence-corrected chi connectivity index (χ2v) is 5.65. The summed E-state index contributed by atoms with van der Waals surface area (Å²) in [6.07, 6.45) is -0.204. The molecule has 0 spiro atoms. The first-order chi connectivity index (χ1) is 8.30. The Morgan fingerprint density at radius 1 is 1.61 bits per heavy atom. The zero-order chi connectivity index (χ0) is 13.9.